The van der Waals surface area contributed by atoms with E-state index in [2.05, 4.69) is 20.5 Å². The third kappa shape index (κ3) is 2.65. The quantitative estimate of drug-likeness (QED) is 0.565. The molecule has 0 aliphatic heterocycles. The Kier molecular flexibility index (Phi) is 3.39. The van der Waals surface area contributed by atoms with Crippen molar-refractivity contribution >= 4 is 34.8 Å². The van der Waals surface area contributed by atoms with E-state index in [1.54, 1.807) is 6.21 Å². The van der Waals surface area contributed by atoms with E-state index in [0.717, 1.165) is 16.6 Å². The summed E-state index contributed by atoms with van der Waals surface area (Å²) in [5.41, 5.74) is 6.81. The molecule has 0 saturated carbocycles. The third-order valence-corrected chi connectivity index (χ3v) is 3.26. The second-order valence-electron chi connectivity index (χ2n) is 4.50. The average Bonchev–Trinajstić information content (AvgIpc) is 2.83. The molecular formula is C15H13ClN4. The van der Waals surface area contributed by atoms with Crippen LogP contribution in [0.2, 0.25) is 5.02 Å². The van der Waals surface area contributed by atoms with Crippen LogP contribution in [0.15, 0.2) is 47.6 Å². The van der Waals surface area contributed by atoms with E-state index in [1.165, 1.54) is 5.56 Å². The highest BCUT2D eigenvalue weighted by Crippen LogP contribution is 2.16. The molecule has 0 aliphatic carbocycles. The van der Waals surface area contributed by atoms with Gasteiger partial charge in [-0.05, 0) is 30.7 Å². The van der Waals surface area contributed by atoms with E-state index in [4.69, 9.17) is 11.6 Å². The van der Waals surface area contributed by atoms with Crippen LogP contribution < -0.4 is 5.43 Å². The fourth-order valence-corrected chi connectivity index (χ4v) is 2.10. The molecule has 4 nitrogen and oxygen atoms in total. The number of fused-ring (bicyclic) bond motifs is 1. The Morgan fingerprint density at radius 3 is 2.95 bits per heavy atom. The van der Waals surface area contributed by atoms with Crippen molar-refractivity contribution in [2.24, 2.45) is 5.10 Å². The Morgan fingerprint density at radius 2 is 2.10 bits per heavy atom. The van der Waals surface area contributed by atoms with Gasteiger partial charge in [0.15, 0.2) is 0 Å². The number of nitrogens with zero attached hydrogens (tertiary/aromatic N) is 2. The van der Waals surface area contributed by atoms with Gasteiger partial charge in [-0.2, -0.15) is 5.10 Å². The summed E-state index contributed by atoms with van der Waals surface area (Å²) in [7, 11) is 0. The van der Waals surface area contributed by atoms with E-state index in [1.807, 2.05) is 49.4 Å². The van der Waals surface area contributed by atoms with Gasteiger partial charge in [0.25, 0.3) is 0 Å². The number of hydrogen-bond acceptors (Lipinski definition) is 3. The smallest absolute Gasteiger partial charge is 0.222 e. The van der Waals surface area contributed by atoms with Crippen LogP contribution in [-0.2, 0) is 0 Å². The fourth-order valence-electron chi connectivity index (χ4n) is 1.92. The van der Waals surface area contributed by atoms with Gasteiger partial charge in [0.2, 0.25) is 5.95 Å². The summed E-state index contributed by atoms with van der Waals surface area (Å²) in [6, 6.07) is 13.6. The molecule has 0 fully saturated rings. The third-order valence-electron chi connectivity index (χ3n) is 2.92. The van der Waals surface area contributed by atoms with Gasteiger partial charge in [-0.3, -0.25) is 0 Å². The number of aryl methyl sites for hydroxylation is 1. The van der Waals surface area contributed by atoms with Crippen LogP contribution in [0.3, 0.4) is 0 Å². The number of benzene rings is 2. The van der Waals surface area contributed by atoms with Crippen LogP contribution in [-0.4, -0.2) is 16.2 Å². The van der Waals surface area contributed by atoms with Crippen LogP contribution in [0, 0.1) is 6.92 Å². The molecular weight excluding hydrogens is 272 g/mol. The predicted octanol–water partition coefficient (Wildman–Crippen LogP) is 3.97. The van der Waals surface area contributed by atoms with Crippen LogP contribution >= 0.6 is 11.6 Å². The number of aromatic amines is 1. The number of H-pyrrole nitrogens is 1. The lowest BCUT2D eigenvalue weighted by molar-refractivity contribution is 1.21. The van der Waals surface area contributed by atoms with Crippen molar-refractivity contribution in [3.8, 4) is 0 Å². The molecule has 0 saturated heterocycles. The molecule has 20 heavy (non-hydrogen) atoms. The van der Waals surface area contributed by atoms with Crippen molar-refractivity contribution in [2.45, 2.75) is 6.92 Å². The normalized spacial score (nSPS) is 11.3. The lowest BCUT2D eigenvalue weighted by Crippen LogP contribution is -1.92. The minimum Gasteiger partial charge on any atom is -0.323 e. The molecule has 1 aromatic heterocycles. The summed E-state index contributed by atoms with van der Waals surface area (Å²) in [5.74, 6) is 0.605. The zero-order valence-corrected chi connectivity index (χ0v) is 11.6. The van der Waals surface area contributed by atoms with Crippen molar-refractivity contribution in [3.63, 3.8) is 0 Å². The highest BCUT2D eigenvalue weighted by molar-refractivity contribution is 6.33. The van der Waals surface area contributed by atoms with Crippen molar-refractivity contribution in [1.29, 1.82) is 0 Å². The summed E-state index contributed by atoms with van der Waals surface area (Å²) < 4.78 is 0. The van der Waals surface area contributed by atoms with E-state index < -0.39 is 0 Å². The SMILES string of the molecule is Cc1ccc2nc(N/N=C\c3ccccc3Cl)[nH]c2c1. The number of hydrazone groups is 1. The molecule has 100 valence electrons. The summed E-state index contributed by atoms with van der Waals surface area (Å²) in [6.07, 6.45) is 1.67. The lowest BCUT2D eigenvalue weighted by atomic mass is 10.2. The van der Waals surface area contributed by atoms with Crippen LogP contribution in [0.1, 0.15) is 11.1 Å². The molecule has 5 heteroatoms. The number of halogens is 1. The van der Waals surface area contributed by atoms with Gasteiger partial charge < -0.3 is 4.98 Å². The molecule has 0 aliphatic rings. The van der Waals surface area contributed by atoms with E-state index in [-0.39, 0.29) is 0 Å². The van der Waals surface area contributed by atoms with Crippen molar-refractivity contribution in [3.05, 3.63) is 58.6 Å². The van der Waals surface area contributed by atoms with E-state index in [9.17, 15) is 0 Å². The first-order chi connectivity index (χ1) is 9.72. The van der Waals surface area contributed by atoms with Gasteiger partial charge in [-0.25, -0.2) is 10.4 Å². The Hall–Kier alpha value is -2.33. The molecule has 0 radical (unpaired) electrons. The summed E-state index contributed by atoms with van der Waals surface area (Å²) in [6.45, 7) is 2.04. The highest BCUT2D eigenvalue weighted by Gasteiger charge is 2.01. The maximum atomic E-state index is 6.05. The molecule has 3 rings (SSSR count). The molecule has 3 aromatic rings. The second-order valence-corrected chi connectivity index (χ2v) is 4.90. The molecule has 2 N–H and O–H groups in total. The maximum Gasteiger partial charge on any atom is 0.222 e. The van der Waals surface area contributed by atoms with E-state index >= 15 is 0 Å². The monoisotopic (exact) mass is 284 g/mol. The summed E-state index contributed by atoms with van der Waals surface area (Å²) in [4.78, 5) is 7.56. The van der Waals surface area contributed by atoms with Crippen molar-refractivity contribution in [2.75, 3.05) is 5.43 Å². The minimum absolute atomic E-state index is 0.605. The van der Waals surface area contributed by atoms with Gasteiger partial charge in [0, 0.05) is 10.6 Å². The van der Waals surface area contributed by atoms with Gasteiger partial charge in [0.05, 0.1) is 17.2 Å². The first-order valence-electron chi connectivity index (χ1n) is 6.22. The van der Waals surface area contributed by atoms with Crippen LogP contribution in [0.4, 0.5) is 5.95 Å². The van der Waals surface area contributed by atoms with Gasteiger partial charge >= 0.3 is 0 Å². The van der Waals surface area contributed by atoms with Gasteiger partial charge in [-0.15, -0.1) is 0 Å². The standard InChI is InChI=1S/C15H13ClN4/c1-10-6-7-13-14(8-10)19-15(18-13)20-17-9-11-4-2-3-5-12(11)16/h2-9H,1H3,(H2,18,19,20)/b17-9-. The minimum atomic E-state index is 0.605. The molecule has 0 atom stereocenters. The summed E-state index contributed by atoms with van der Waals surface area (Å²) in [5, 5.41) is 4.80. The Morgan fingerprint density at radius 1 is 1.25 bits per heavy atom. The highest BCUT2D eigenvalue weighted by atomic mass is 35.5. The number of rotatable bonds is 3. The zero-order valence-electron chi connectivity index (χ0n) is 10.9. The number of aromatic nitrogens is 2. The molecule has 0 unspecified atom stereocenters. The number of hydrogen-bond donors (Lipinski definition) is 2. The number of anilines is 1. The van der Waals surface area contributed by atoms with Gasteiger partial charge in [0.1, 0.15) is 0 Å². The van der Waals surface area contributed by atoms with Gasteiger partial charge in [-0.1, -0.05) is 35.9 Å². The van der Waals surface area contributed by atoms with Crippen molar-refractivity contribution < 1.29 is 0 Å². The predicted molar refractivity (Wildman–Crippen MR) is 83.5 cm³/mol. The first kappa shape index (κ1) is 12.7. The molecule has 1 heterocycles. The molecule has 0 bridgehead atoms. The maximum absolute atomic E-state index is 6.05. The Labute approximate surface area is 121 Å². The number of nitrogens with one attached hydrogen (secondary N) is 2. The fraction of sp³-hybridized carbons (Fsp3) is 0.0667. The number of imidazole rings is 1. The van der Waals surface area contributed by atoms with Crippen LogP contribution in [0.25, 0.3) is 11.0 Å². The van der Waals surface area contributed by atoms with Crippen molar-refractivity contribution in [1.82, 2.24) is 9.97 Å². The summed E-state index contributed by atoms with van der Waals surface area (Å²) >= 11 is 6.05. The van der Waals surface area contributed by atoms with E-state index in [0.29, 0.717) is 11.0 Å². The topological polar surface area (TPSA) is 53.1 Å². The van der Waals surface area contributed by atoms with Crippen LogP contribution in [0.5, 0.6) is 0 Å². The first-order valence-corrected chi connectivity index (χ1v) is 6.60. The largest absolute Gasteiger partial charge is 0.323 e. The molecule has 2 aromatic carbocycles. The molecule has 0 amide bonds. The Bertz CT molecular complexity index is 776. The average molecular weight is 285 g/mol. The second kappa shape index (κ2) is 5.35. The lowest BCUT2D eigenvalue weighted by Gasteiger charge is -1.96. The Balaban J connectivity index is 1.78. The molecule has 0 spiro atoms. The zero-order chi connectivity index (χ0) is 13.9.